The molecule has 0 atom stereocenters. The molecule has 0 radical (unpaired) electrons. The van der Waals surface area contributed by atoms with Crippen LogP contribution in [0.5, 0.6) is 0 Å². The normalized spacial score (nSPS) is 10.6. The van der Waals surface area contributed by atoms with Crippen molar-refractivity contribution in [2.75, 3.05) is 18.1 Å². The van der Waals surface area contributed by atoms with Crippen LogP contribution in [-0.2, 0) is 4.79 Å². The molecule has 1 aromatic heterocycles. The average molecular weight is 392 g/mol. The van der Waals surface area contributed by atoms with Gasteiger partial charge in [0.1, 0.15) is 0 Å². The Morgan fingerprint density at radius 3 is 2.84 bits per heavy atom. The van der Waals surface area contributed by atoms with Gasteiger partial charge in [-0.25, -0.2) is 4.98 Å². The number of benzene rings is 2. The molecule has 0 bridgehead atoms. The van der Waals surface area contributed by atoms with Crippen molar-refractivity contribution < 1.29 is 9.59 Å². The molecule has 0 aliphatic carbocycles. The zero-order valence-corrected chi connectivity index (χ0v) is 15.6. The van der Waals surface area contributed by atoms with Crippen LogP contribution in [0.2, 0.25) is 5.02 Å². The molecule has 1 heterocycles. The Morgan fingerprint density at radius 1 is 1.24 bits per heavy atom. The lowest BCUT2D eigenvalue weighted by molar-refractivity contribution is -0.115. The van der Waals surface area contributed by atoms with E-state index < -0.39 is 0 Å². The molecular formula is C17H14ClN3O2S2. The molecule has 0 spiro atoms. The summed E-state index contributed by atoms with van der Waals surface area (Å²) in [6, 6.07) is 12.1. The first-order valence-corrected chi connectivity index (χ1v) is 9.75. The highest BCUT2D eigenvalue weighted by atomic mass is 35.5. The van der Waals surface area contributed by atoms with Gasteiger partial charge in [0.15, 0.2) is 4.34 Å². The lowest BCUT2D eigenvalue weighted by Gasteiger charge is -2.07. The number of anilines is 1. The molecule has 25 heavy (non-hydrogen) atoms. The first-order valence-electron chi connectivity index (χ1n) is 7.33. The number of hydrogen-bond acceptors (Lipinski definition) is 5. The van der Waals surface area contributed by atoms with E-state index in [1.54, 1.807) is 53.4 Å². The zero-order valence-electron chi connectivity index (χ0n) is 13.2. The van der Waals surface area contributed by atoms with Crippen molar-refractivity contribution in [3.8, 4) is 0 Å². The summed E-state index contributed by atoms with van der Waals surface area (Å²) in [5.41, 5.74) is 1.99. The number of carbonyl (C=O) groups excluding carboxylic acids is 2. The Labute approximate surface area is 157 Å². The topological polar surface area (TPSA) is 71.1 Å². The van der Waals surface area contributed by atoms with Gasteiger partial charge in [-0.2, -0.15) is 0 Å². The highest BCUT2D eigenvalue weighted by Gasteiger charge is 2.10. The Morgan fingerprint density at radius 2 is 2.08 bits per heavy atom. The van der Waals surface area contributed by atoms with Crippen LogP contribution in [0.3, 0.4) is 0 Å². The van der Waals surface area contributed by atoms with Crippen LogP contribution in [-0.4, -0.2) is 29.6 Å². The number of rotatable bonds is 5. The number of aromatic nitrogens is 1. The summed E-state index contributed by atoms with van der Waals surface area (Å²) < 4.78 is 1.98. The van der Waals surface area contributed by atoms with Crippen molar-refractivity contribution in [2.24, 2.45) is 0 Å². The van der Waals surface area contributed by atoms with Gasteiger partial charge >= 0.3 is 0 Å². The van der Waals surface area contributed by atoms with Crippen LogP contribution in [0.1, 0.15) is 10.4 Å². The molecule has 128 valence electrons. The van der Waals surface area contributed by atoms with Crippen molar-refractivity contribution >= 4 is 62.4 Å². The minimum Gasteiger partial charge on any atom is -0.343 e. The fraction of sp³-hybridized carbons (Fsp3) is 0.118. The third-order valence-electron chi connectivity index (χ3n) is 3.32. The molecule has 3 rings (SSSR count). The second kappa shape index (κ2) is 7.86. The smallest absolute Gasteiger partial charge is 0.251 e. The van der Waals surface area contributed by atoms with Crippen molar-refractivity contribution in [2.45, 2.75) is 4.34 Å². The van der Waals surface area contributed by atoms with E-state index in [9.17, 15) is 9.59 Å². The summed E-state index contributed by atoms with van der Waals surface area (Å²) >= 11 is 9.02. The van der Waals surface area contributed by atoms with Crippen LogP contribution in [0.15, 0.2) is 46.8 Å². The number of thioether (sulfide) groups is 1. The Hall–Kier alpha value is -2.09. The van der Waals surface area contributed by atoms with Crippen molar-refractivity contribution in [3.63, 3.8) is 0 Å². The minimum atomic E-state index is -0.347. The number of nitrogens with one attached hydrogen (secondary N) is 2. The third kappa shape index (κ3) is 4.50. The van der Waals surface area contributed by atoms with Gasteiger partial charge in [-0.15, -0.1) is 11.3 Å². The summed E-state index contributed by atoms with van der Waals surface area (Å²) in [6.45, 7) is -0.123. The Balaban J connectivity index is 1.59. The minimum absolute atomic E-state index is 0.123. The Kier molecular flexibility index (Phi) is 5.57. The van der Waals surface area contributed by atoms with Gasteiger partial charge in [0.2, 0.25) is 5.91 Å². The first-order chi connectivity index (χ1) is 12.0. The van der Waals surface area contributed by atoms with Crippen LogP contribution >= 0.6 is 34.7 Å². The van der Waals surface area contributed by atoms with Crippen LogP contribution in [0.25, 0.3) is 10.2 Å². The van der Waals surface area contributed by atoms with E-state index >= 15 is 0 Å². The van der Waals surface area contributed by atoms with Gasteiger partial charge < -0.3 is 10.6 Å². The first kappa shape index (κ1) is 17.7. The van der Waals surface area contributed by atoms with E-state index in [4.69, 9.17) is 11.6 Å². The van der Waals surface area contributed by atoms with Gasteiger partial charge in [0.05, 0.1) is 16.8 Å². The molecular weight excluding hydrogens is 378 g/mol. The third-order valence-corrected chi connectivity index (χ3v) is 5.56. The molecule has 2 amide bonds. The van der Waals surface area contributed by atoms with Crippen molar-refractivity contribution in [3.05, 3.63) is 53.1 Å². The molecule has 0 saturated heterocycles. The summed E-state index contributed by atoms with van der Waals surface area (Å²) in [5, 5.41) is 5.82. The van der Waals surface area contributed by atoms with Crippen LogP contribution < -0.4 is 10.6 Å². The van der Waals surface area contributed by atoms with E-state index in [2.05, 4.69) is 15.6 Å². The van der Waals surface area contributed by atoms with E-state index in [0.29, 0.717) is 16.3 Å². The molecule has 0 unspecified atom stereocenters. The van der Waals surface area contributed by atoms with Crippen LogP contribution in [0, 0.1) is 0 Å². The van der Waals surface area contributed by atoms with Gasteiger partial charge in [-0.05, 0) is 42.7 Å². The predicted molar refractivity (Wildman–Crippen MR) is 104 cm³/mol. The quantitative estimate of drug-likeness (QED) is 0.644. The van der Waals surface area contributed by atoms with Gasteiger partial charge in [-0.1, -0.05) is 29.4 Å². The molecule has 0 fully saturated rings. The summed E-state index contributed by atoms with van der Waals surface area (Å²) in [5.74, 6) is -0.649. The van der Waals surface area contributed by atoms with E-state index in [1.807, 2.05) is 18.4 Å². The number of fused-ring (bicyclic) bond motifs is 1. The largest absolute Gasteiger partial charge is 0.343 e. The maximum Gasteiger partial charge on any atom is 0.251 e. The van der Waals surface area contributed by atoms with Gasteiger partial charge in [0, 0.05) is 16.3 Å². The monoisotopic (exact) mass is 391 g/mol. The van der Waals surface area contributed by atoms with Crippen molar-refractivity contribution in [1.29, 1.82) is 0 Å². The van der Waals surface area contributed by atoms with E-state index in [-0.39, 0.29) is 18.4 Å². The molecule has 0 saturated carbocycles. The summed E-state index contributed by atoms with van der Waals surface area (Å²) in [6.07, 6.45) is 1.98. The molecule has 8 heteroatoms. The average Bonchev–Trinajstić information content (AvgIpc) is 3.02. The zero-order chi connectivity index (χ0) is 17.8. The predicted octanol–water partition coefficient (Wildman–Crippen LogP) is 4.04. The van der Waals surface area contributed by atoms with E-state index in [0.717, 1.165) is 14.6 Å². The Bertz CT molecular complexity index is 943. The van der Waals surface area contributed by atoms with Gasteiger partial charge in [-0.3, -0.25) is 9.59 Å². The SMILES string of the molecule is CSc1nc2ccc(NC(=O)CNC(=O)c3cccc(Cl)c3)cc2s1. The number of carbonyl (C=O) groups is 2. The number of amides is 2. The second-order valence-corrected chi connectivity index (χ2v) is 7.63. The molecule has 2 aromatic carbocycles. The highest BCUT2D eigenvalue weighted by molar-refractivity contribution is 8.00. The molecule has 3 aromatic rings. The number of thiazole rings is 1. The molecule has 0 aliphatic rings. The van der Waals surface area contributed by atoms with Crippen LogP contribution in [0.4, 0.5) is 5.69 Å². The fourth-order valence-corrected chi connectivity index (χ4v) is 3.88. The summed E-state index contributed by atoms with van der Waals surface area (Å²) in [7, 11) is 0. The number of halogens is 1. The van der Waals surface area contributed by atoms with E-state index in [1.165, 1.54) is 0 Å². The lowest BCUT2D eigenvalue weighted by Crippen LogP contribution is -2.32. The number of hydrogen-bond donors (Lipinski definition) is 2. The fourth-order valence-electron chi connectivity index (χ4n) is 2.17. The second-order valence-electron chi connectivity index (χ2n) is 5.11. The van der Waals surface area contributed by atoms with Gasteiger partial charge in [0.25, 0.3) is 5.91 Å². The maximum absolute atomic E-state index is 12.0. The highest BCUT2D eigenvalue weighted by Crippen LogP contribution is 2.29. The summed E-state index contributed by atoms with van der Waals surface area (Å²) in [4.78, 5) is 28.5. The standard InChI is InChI=1S/C17H14ClN3O2S2/c1-24-17-21-13-6-5-12(8-14(13)25-17)20-15(22)9-19-16(23)10-3-2-4-11(18)7-10/h2-8H,9H2,1H3,(H,19,23)(H,20,22). The van der Waals surface area contributed by atoms with Crippen molar-refractivity contribution in [1.82, 2.24) is 10.3 Å². The molecule has 0 aliphatic heterocycles. The maximum atomic E-state index is 12.0. The lowest BCUT2D eigenvalue weighted by atomic mass is 10.2. The molecule has 5 nitrogen and oxygen atoms in total. The molecule has 2 N–H and O–H groups in total. The number of nitrogens with zero attached hydrogens (tertiary/aromatic N) is 1.